The molecule has 5 heteroatoms. The summed E-state index contributed by atoms with van der Waals surface area (Å²) in [5.74, 6) is -0.237. The average Bonchev–Trinajstić information content (AvgIpc) is 2.60. The first-order valence-corrected chi connectivity index (χ1v) is 5.52. The lowest BCUT2D eigenvalue weighted by Gasteiger charge is -2.19. The van der Waals surface area contributed by atoms with Crippen LogP contribution in [0.5, 0.6) is 0 Å². The zero-order chi connectivity index (χ0) is 12.6. The van der Waals surface area contributed by atoms with E-state index < -0.39 is 0 Å². The number of hydrogen-bond donors (Lipinski definition) is 2. The zero-order valence-electron chi connectivity index (χ0n) is 9.92. The lowest BCUT2D eigenvalue weighted by atomic mass is 10.0. The second-order valence-corrected chi connectivity index (χ2v) is 4.49. The second-order valence-electron chi connectivity index (χ2n) is 4.49. The molecule has 0 saturated carbocycles. The lowest BCUT2D eigenvalue weighted by molar-refractivity contribution is -0.122. The highest BCUT2D eigenvalue weighted by Crippen LogP contribution is 2.24. The Balaban J connectivity index is 2.58. The summed E-state index contributed by atoms with van der Waals surface area (Å²) in [7, 11) is 0. The van der Waals surface area contributed by atoms with E-state index in [0.29, 0.717) is 5.69 Å². The van der Waals surface area contributed by atoms with Gasteiger partial charge in [0.1, 0.15) is 6.04 Å². The molecule has 90 valence electrons. The molecular formula is C12H16N4O. The van der Waals surface area contributed by atoms with Crippen LogP contribution in [0.4, 0.5) is 5.69 Å². The van der Waals surface area contributed by atoms with Gasteiger partial charge in [0.25, 0.3) is 0 Å². The van der Waals surface area contributed by atoms with E-state index >= 15 is 0 Å². The second kappa shape index (κ2) is 4.08. The quantitative estimate of drug-likeness (QED) is 0.782. The van der Waals surface area contributed by atoms with E-state index in [9.17, 15) is 4.79 Å². The zero-order valence-corrected chi connectivity index (χ0v) is 9.92. The maximum Gasteiger partial charge on any atom is 0.240 e. The number of nitrogen functional groups attached to an aromatic ring is 1. The molecular weight excluding hydrogens is 216 g/mol. The van der Waals surface area contributed by atoms with Gasteiger partial charge in [0, 0.05) is 5.69 Å². The molecule has 0 bridgehead atoms. The highest BCUT2D eigenvalue weighted by molar-refractivity contribution is 5.84. The van der Waals surface area contributed by atoms with Gasteiger partial charge >= 0.3 is 0 Å². The number of fused-ring (bicyclic) bond motifs is 1. The molecule has 0 fully saturated rings. The Kier molecular flexibility index (Phi) is 2.75. The third kappa shape index (κ3) is 1.95. The number of rotatable bonds is 3. The number of amides is 1. The van der Waals surface area contributed by atoms with Gasteiger partial charge in [0.15, 0.2) is 0 Å². The number of nitrogens with two attached hydrogens (primary N) is 2. The van der Waals surface area contributed by atoms with Crippen molar-refractivity contribution in [3.63, 3.8) is 0 Å². The molecule has 2 aromatic rings. The minimum absolute atomic E-state index is 0.113. The summed E-state index contributed by atoms with van der Waals surface area (Å²) in [6.45, 7) is 3.91. The van der Waals surface area contributed by atoms with Gasteiger partial charge in [0.05, 0.1) is 17.4 Å². The van der Waals surface area contributed by atoms with Crippen LogP contribution in [0.15, 0.2) is 24.5 Å². The van der Waals surface area contributed by atoms with Crippen molar-refractivity contribution in [3.05, 3.63) is 24.5 Å². The molecule has 0 aliphatic heterocycles. The maximum absolute atomic E-state index is 11.5. The molecule has 1 aromatic heterocycles. The molecule has 5 nitrogen and oxygen atoms in total. The summed E-state index contributed by atoms with van der Waals surface area (Å²) in [5, 5.41) is 0. The fourth-order valence-corrected chi connectivity index (χ4v) is 2.06. The summed E-state index contributed by atoms with van der Waals surface area (Å²) in [5.41, 5.74) is 13.4. The predicted molar refractivity (Wildman–Crippen MR) is 67.2 cm³/mol. The van der Waals surface area contributed by atoms with Crippen molar-refractivity contribution in [3.8, 4) is 0 Å². The normalized spacial score (nSPS) is 13.1. The minimum atomic E-state index is -0.386. The highest BCUT2D eigenvalue weighted by Gasteiger charge is 2.22. The molecule has 0 radical (unpaired) electrons. The molecule has 0 saturated heterocycles. The van der Waals surface area contributed by atoms with Crippen LogP contribution in [0.3, 0.4) is 0 Å². The van der Waals surface area contributed by atoms with Gasteiger partial charge in [-0.1, -0.05) is 13.8 Å². The number of primary amides is 1. The minimum Gasteiger partial charge on any atom is -0.399 e. The lowest BCUT2D eigenvalue weighted by Crippen LogP contribution is -2.30. The number of hydrogen-bond acceptors (Lipinski definition) is 3. The van der Waals surface area contributed by atoms with Crippen molar-refractivity contribution in [2.75, 3.05) is 5.73 Å². The third-order valence-electron chi connectivity index (χ3n) is 2.82. The number of nitrogens with zero attached hydrogens (tertiary/aromatic N) is 2. The SMILES string of the molecule is CC(C)C(C(N)=O)n1cnc2cc(N)ccc21. The van der Waals surface area contributed by atoms with Crippen LogP contribution in [0, 0.1) is 5.92 Å². The van der Waals surface area contributed by atoms with E-state index in [1.807, 2.05) is 24.5 Å². The van der Waals surface area contributed by atoms with Crippen LogP contribution in [-0.2, 0) is 4.79 Å². The summed E-state index contributed by atoms with van der Waals surface area (Å²) in [4.78, 5) is 15.7. The standard InChI is InChI=1S/C12H16N4O/c1-7(2)11(12(14)17)16-6-15-9-5-8(13)3-4-10(9)16/h3-7,11H,13H2,1-2H3,(H2,14,17). The Morgan fingerprint density at radius 1 is 1.41 bits per heavy atom. The van der Waals surface area contributed by atoms with Crippen molar-refractivity contribution in [2.24, 2.45) is 11.7 Å². The number of carbonyl (C=O) groups is 1. The van der Waals surface area contributed by atoms with E-state index in [2.05, 4.69) is 4.98 Å². The van der Waals surface area contributed by atoms with E-state index in [1.165, 1.54) is 0 Å². The Morgan fingerprint density at radius 3 is 2.71 bits per heavy atom. The summed E-state index contributed by atoms with van der Waals surface area (Å²) in [6.07, 6.45) is 1.64. The largest absolute Gasteiger partial charge is 0.399 e. The molecule has 4 N–H and O–H groups in total. The number of aromatic nitrogens is 2. The van der Waals surface area contributed by atoms with Gasteiger partial charge in [-0.05, 0) is 24.1 Å². The van der Waals surface area contributed by atoms with Crippen molar-refractivity contribution in [2.45, 2.75) is 19.9 Å². The molecule has 0 spiro atoms. The van der Waals surface area contributed by atoms with E-state index in [1.54, 1.807) is 18.5 Å². The average molecular weight is 232 g/mol. The molecule has 17 heavy (non-hydrogen) atoms. The van der Waals surface area contributed by atoms with Gasteiger partial charge in [-0.3, -0.25) is 4.79 Å². The summed E-state index contributed by atoms with van der Waals surface area (Å²) < 4.78 is 1.81. The van der Waals surface area contributed by atoms with E-state index in [0.717, 1.165) is 11.0 Å². The molecule has 0 aliphatic rings. The smallest absolute Gasteiger partial charge is 0.240 e. The van der Waals surface area contributed by atoms with Crippen molar-refractivity contribution in [1.29, 1.82) is 0 Å². The molecule has 1 heterocycles. The highest BCUT2D eigenvalue weighted by atomic mass is 16.1. The number of carbonyl (C=O) groups excluding carboxylic acids is 1. The molecule has 1 amide bonds. The van der Waals surface area contributed by atoms with Crippen molar-refractivity contribution < 1.29 is 4.79 Å². The van der Waals surface area contributed by atoms with Crippen molar-refractivity contribution in [1.82, 2.24) is 9.55 Å². The molecule has 0 aliphatic carbocycles. The van der Waals surface area contributed by atoms with Crippen LogP contribution in [-0.4, -0.2) is 15.5 Å². The van der Waals surface area contributed by atoms with E-state index in [-0.39, 0.29) is 17.9 Å². The fraction of sp³-hybridized carbons (Fsp3) is 0.333. The Labute approximate surface area is 99.4 Å². The summed E-state index contributed by atoms with van der Waals surface area (Å²) >= 11 is 0. The number of benzene rings is 1. The number of imidazole rings is 1. The Hall–Kier alpha value is -2.04. The van der Waals surface area contributed by atoms with Crippen molar-refractivity contribution >= 4 is 22.6 Å². The third-order valence-corrected chi connectivity index (χ3v) is 2.82. The fourth-order valence-electron chi connectivity index (χ4n) is 2.06. The van der Waals surface area contributed by atoms with Crippen LogP contribution < -0.4 is 11.5 Å². The van der Waals surface area contributed by atoms with Crippen LogP contribution in [0.25, 0.3) is 11.0 Å². The Morgan fingerprint density at radius 2 is 2.12 bits per heavy atom. The molecule has 2 rings (SSSR count). The monoisotopic (exact) mass is 232 g/mol. The van der Waals surface area contributed by atoms with Gasteiger partial charge < -0.3 is 16.0 Å². The molecule has 1 unspecified atom stereocenters. The summed E-state index contributed by atoms with van der Waals surface area (Å²) in [6, 6.07) is 5.04. The van der Waals surface area contributed by atoms with Crippen LogP contribution in [0.1, 0.15) is 19.9 Å². The van der Waals surface area contributed by atoms with Gasteiger partial charge in [-0.2, -0.15) is 0 Å². The van der Waals surface area contributed by atoms with Gasteiger partial charge in [0.2, 0.25) is 5.91 Å². The van der Waals surface area contributed by atoms with Gasteiger partial charge in [-0.15, -0.1) is 0 Å². The molecule has 1 atom stereocenters. The Bertz CT molecular complexity index is 559. The van der Waals surface area contributed by atoms with Gasteiger partial charge in [-0.25, -0.2) is 4.98 Å². The first-order valence-electron chi connectivity index (χ1n) is 5.52. The van der Waals surface area contributed by atoms with Crippen LogP contribution in [0.2, 0.25) is 0 Å². The molecule has 1 aromatic carbocycles. The first-order chi connectivity index (χ1) is 8.00. The predicted octanol–water partition coefficient (Wildman–Crippen LogP) is 1.30. The number of anilines is 1. The van der Waals surface area contributed by atoms with E-state index in [4.69, 9.17) is 11.5 Å². The maximum atomic E-state index is 11.5. The van der Waals surface area contributed by atoms with Crippen LogP contribution >= 0.6 is 0 Å². The first kappa shape index (κ1) is 11.4. The topological polar surface area (TPSA) is 86.9 Å².